The van der Waals surface area contributed by atoms with E-state index in [9.17, 15) is 9.59 Å². The first-order valence-electron chi connectivity index (χ1n) is 9.16. The molecule has 1 fully saturated rings. The zero-order chi connectivity index (χ0) is 19.4. The SMILES string of the molecule is CC(N)C1CCCN(C(=O)c2ccccc2NC(=O)c2ccc(Cl)cc2)C1.Cl. The van der Waals surface area contributed by atoms with Crippen LogP contribution in [0.25, 0.3) is 0 Å². The molecule has 0 bridgehead atoms. The first kappa shape index (κ1) is 22.2. The monoisotopic (exact) mass is 421 g/mol. The molecule has 0 radical (unpaired) electrons. The fraction of sp³-hybridized carbons (Fsp3) is 0.333. The predicted octanol–water partition coefficient (Wildman–Crippen LogP) is 4.21. The minimum atomic E-state index is -0.279. The van der Waals surface area contributed by atoms with Gasteiger partial charge in [0.1, 0.15) is 0 Å². The standard InChI is InChI=1S/C21H24ClN3O2.ClH/c1-14(23)16-5-4-12-25(13-16)21(27)18-6-2-3-7-19(18)24-20(26)15-8-10-17(22)11-9-15;/h2-3,6-11,14,16H,4-5,12-13,23H2,1H3,(H,24,26);1H. The van der Waals surface area contributed by atoms with Crippen molar-refractivity contribution in [1.29, 1.82) is 0 Å². The molecule has 0 spiro atoms. The Balaban J connectivity index is 0.00000280. The van der Waals surface area contributed by atoms with Gasteiger partial charge < -0.3 is 16.0 Å². The number of anilines is 1. The van der Waals surface area contributed by atoms with Crippen molar-refractivity contribution in [3.8, 4) is 0 Å². The molecule has 1 heterocycles. The number of halogens is 2. The maximum absolute atomic E-state index is 13.1. The van der Waals surface area contributed by atoms with E-state index in [4.69, 9.17) is 17.3 Å². The Morgan fingerprint density at radius 1 is 1.18 bits per heavy atom. The lowest BCUT2D eigenvalue weighted by Crippen LogP contribution is -2.45. The van der Waals surface area contributed by atoms with Gasteiger partial charge >= 0.3 is 0 Å². The van der Waals surface area contributed by atoms with Crippen LogP contribution in [-0.4, -0.2) is 35.8 Å². The number of carbonyl (C=O) groups excluding carboxylic acids is 2. The Labute approximate surface area is 176 Å². The van der Waals surface area contributed by atoms with Gasteiger partial charge in [-0.25, -0.2) is 0 Å². The molecule has 2 aromatic rings. The molecule has 1 aliphatic heterocycles. The second kappa shape index (κ2) is 9.92. The van der Waals surface area contributed by atoms with Crippen LogP contribution in [0.2, 0.25) is 5.02 Å². The molecule has 3 N–H and O–H groups in total. The third-order valence-corrected chi connectivity index (χ3v) is 5.25. The molecule has 2 aromatic carbocycles. The Bertz CT molecular complexity index is 825. The Hall–Kier alpha value is -2.08. The molecular weight excluding hydrogens is 397 g/mol. The van der Waals surface area contributed by atoms with Gasteiger partial charge in [-0.05, 0) is 62.1 Å². The van der Waals surface area contributed by atoms with Gasteiger partial charge in [-0.1, -0.05) is 23.7 Å². The summed E-state index contributed by atoms with van der Waals surface area (Å²) in [5, 5.41) is 3.41. The topological polar surface area (TPSA) is 75.4 Å². The van der Waals surface area contributed by atoms with Crippen LogP contribution >= 0.6 is 24.0 Å². The molecule has 0 saturated carbocycles. The van der Waals surface area contributed by atoms with Gasteiger partial charge in [-0.15, -0.1) is 12.4 Å². The molecule has 2 amide bonds. The highest BCUT2D eigenvalue weighted by atomic mass is 35.5. The number of piperidine rings is 1. The predicted molar refractivity (Wildman–Crippen MR) is 115 cm³/mol. The lowest BCUT2D eigenvalue weighted by atomic mass is 9.91. The quantitative estimate of drug-likeness (QED) is 0.775. The van der Waals surface area contributed by atoms with Gasteiger partial charge in [0.05, 0.1) is 11.3 Å². The van der Waals surface area contributed by atoms with E-state index in [2.05, 4.69) is 5.32 Å². The minimum absolute atomic E-state index is 0. The van der Waals surface area contributed by atoms with E-state index in [1.54, 1.807) is 48.5 Å². The van der Waals surface area contributed by atoms with Crippen molar-refractivity contribution in [2.24, 2.45) is 11.7 Å². The summed E-state index contributed by atoms with van der Waals surface area (Å²) in [7, 11) is 0. The van der Waals surface area contributed by atoms with E-state index in [-0.39, 0.29) is 30.3 Å². The number of likely N-dealkylation sites (tertiary alicyclic amines) is 1. The first-order valence-corrected chi connectivity index (χ1v) is 9.54. The highest BCUT2D eigenvalue weighted by molar-refractivity contribution is 6.30. The number of hydrogen-bond donors (Lipinski definition) is 2. The summed E-state index contributed by atoms with van der Waals surface area (Å²) >= 11 is 5.87. The maximum atomic E-state index is 13.1. The van der Waals surface area contributed by atoms with Crippen molar-refractivity contribution in [2.45, 2.75) is 25.8 Å². The molecule has 0 aliphatic carbocycles. The summed E-state index contributed by atoms with van der Waals surface area (Å²) in [6.45, 7) is 3.34. The number of amides is 2. The van der Waals surface area contributed by atoms with Gasteiger partial charge in [-0.3, -0.25) is 9.59 Å². The molecule has 150 valence electrons. The van der Waals surface area contributed by atoms with Crippen LogP contribution in [0.4, 0.5) is 5.69 Å². The molecule has 7 heteroatoms. The third-order valence-electron chi connectivity index (χ3n) is 5.00. The van der Waals surface area contributed by atoms with Crippen molar-refractivity contribution in [3.63, 3.8) is 0 Å². The van der Waals surface area contributed by atoms with E-state index < -0.39 is 0 Å². The number of nitrogens with two attached hydrogens (primary N) is 1. The zero-order valence-electron chi connectivity index (χ0n) is 15.7. The van der Waals surface area contributed by atoms with Crippen molar-refractivity contribution in [3.05, 3.63) is 64.7 Å². The summed E-state index contributed by atoms with van der Waals surface area (Å²) in [5.41, 5.74) is 7.51. The Kier molecular flexibility index (Phi) is 7.87. The van der Waals surface area contributed by atoms with E-state index >= 15 is 0 Å². The number of benzene rings is 2. The summed E-state index contributed by atoms with van der Waals surface area (Å²) in [6.07, 6.45) is 1.98. The van der Waals surface area contributed by atoms with Crippen LogP contribution in [0.1, 0.15) is 40.5 Å². The normalized spacial score (nSPS) is 17.4. The van der Waals surface area contributed by atoms with E-state index in [1.165, 1.54) is 0 Å². The second-order valence-corrected chi connectivity index (χ2v) is 7.46. The van der Waals surface area contributed by atoms with Crippen LogP contribution in [-0.2, 0) is 0 Å². The number of hydrogen-bond acceptors (Lipinski definition) is 3. The fourth-order valence-electron chi connectivity index (χ4n) is 3.37. The zero-order valence-corrected chi connectivity index (χ0v) is 17.3. The smallest absolute Gasteiger partial charge is 0.255 e. The molecule has 5 nitrogen and oxygen atoms in total. The molecule has 0 aromatic heterocycles. The van der Waals surface area contributed by atoms with Crippen LogP contribution < -0.4 is 11.1 Å². The molecular formula is C21H25Cl2N3O2. The number of nitrogens with one attached hydrogen (secondary N) is 1. The van der Waals surface area contributed by atoms with Gasteiger partial charge in [0.15, 0.2) is 0 Å². The van der Waals surface area contributed by atoms with Crippen molar-refractivity contribution >= 4 is 41.5 Å². The minimum Gasteiger partial charge on any atom is -0.338 e. The summed E-state index contributed by atoms with van der Waals surface area (Å²) in [6, 6.07) is 13.8. The molecule has 2 atom stereocenters. The Morgan fingerprint density at radius 2 is 1.86 bits per heavy atom. The maximum Gasteiger partial charge on any atom is 0.255 e. The van der Waals surface area contributed by atoms with Gasteiger partial charge in [0.2, 0.25) is 0 Å². The van der Waals surface area contributed by atoms with Crippen LogP contribution in [0.5, 0.6) is 0 Å². The van der Waals surface area contributed by atoms with Crippen molar-refractivity contribution < 1.29 is 9.59 Å². The number of para-hydroxylation sites is 1. The number of carbonyl (C=O) groups is 2. The molecule has 28 heavy (non-hydrogen) atoms. The highest BCUT2D eigenvalue weighted by Crippen LogP contribution is 2.24. The molecule has 1 aliphatic rings. The average molecular weight is 422 g/mol. The van der Waals surface area contributed by atoms with Crippen molar-refractivity contribution in [2.75, 3.05) is 18.4 Å². The number of rotatable bonds is 4. The second-order valence-electron chi connectivity index (χ2n) is 7.02. The van der Waals surface area contributed by atoms with E-state index in [1.807, 2.05) is 11.8 Å². The van der Waals surface area contributed by atoms with Crippen molar-refractivity contribution in [1.82, 2.24) is 4.90 Å². The molecule has 2 unspecified atom stereocenters. The number of nitrogens with zero attached hydrogens (tertiary/aromatic N) is 1. The first-order chi connectivity index (χ1) is 13.0. The summed E-state index contributed by atoms with van der Waals surface area (Å²) < 4.78 is 0. The van der Waals surface area contributed by atoms with Gasteiger partial charge in [0.25, 0.3) is 11.8 Å². The van der Waals surface area contributed by atoms with Gasteiger partial charge in [-0.2, -0.15) is 0 Å². The lowest BCUT2D eigenvalue weighted by molar-refractivity contribution is 0.0662. The van der Waals surface area contributed by atoms with E-state index in [0.717, 1.165) is 12.8 Å². The Morgan fingerprint density at radius 3 is 2.54 bits per heavy atom. The molecule has 3 rings (SSSR count). The van der Waals surface area contributed by atoms with Crippen LogP contribution in [0.3, 0.4) is 0 Å². The fourth-order valence-corrected chi connectivity index (χ4v) is 3.49. The lowest BCUT2D eigenvalue weighted by Gasteiger charge is -2.35. The summed E-state index contributed by atoms with van der Waals surface area (Å²) in [5.74, 6) is -0.0510. The largest absolute Gasteiger partial charge is 0.338 e. The van der Waals surface area contributed by atoms with Gasteiger partial charge in [0, 0.05) is 29.7 Å². The van der Waals surface area contributed by atoms with Crippen LogP contribution in [0, 0.1) is 5.92 Å². The average Bonchev–Trinajstić information content (AvgIpc) is 2.68. The van der Waals surface area contributed by atoms with E-state index in [0.29, 0.717) is 40.8 Å². The highest BCUT2D eigenvalue weighted by Gasteiger charge is 2.27. The van der Waals surface area contributed by atoms with Crippen LogP contribution in [0.15, 0.2) is 48.5 Å². The third kappa shape index (κ3) is 5.25. The summed E-state index contributed by atoms with van der Waals surface area (Å²) in [4.78, 5) is 27.4. The molecule has 1 saturated heterocycles.